The topological polar surface area (TPSA) is 234 Å². The number of nitrogens with one attached hydrogen (secondary N) is 1. The van der Waals surface area contributed by atoms with E-state index < -0.39 is 113 Å². The molecule has 2 saturated heterocycles. The zero-order valence-corrected chi connectivity index (χ0v) is 50.5. The summed E-state index contributed by atoms with van der Waals surface area (Å²) in [6.07, 6.45) is -0.622. The highest BCUT2D eigenvalue weighted by atomic mass is 19.1. The number of hydrogen-bond donors (Lipinski definition) is 2. The number of esters is 4. The highest BCUT2D eigenvalue weighted by Gasteiger charge is 2.70. The number of ether oxygens (including phenoxy) is 6. The van der Waals surface area contributed by atoms with Crippen LogP contribution in [-0.2, 0) is 79.6 Å². The largest absolute Gasteiger partial charge is 0.479 e. The average Bonchev–Trinajstić information content (AvgIpc) is 1.73. The van der Waals surface area contributed by atoms with Crippen molar-refractivity contribution in [2.24, 2.45) is 17.8 Å². The van der Waals surface area contributed by atoms with Gasteiger partial charge in [0.05, 0.1) is 0 Å². The van der Waals surface area contributed by atoms with Crippen LogP contribution in [0.15, 0.2) is 48.5 Å². The number of amides is 3. The fourth-order valence-corrected chi connectivity index (χ4v) is 11.8. The van der Waals surface area contributed by atoms with Crippen molar-refractivity contribution < 1.29 is 80.7 Å². The predicted molar refractivity (Wildman–Crippen MR) is 304 cm³/mol. The number of rotatable bonds is 29. The summed E-state index contributed by atoms with van der Waals surface area (Å²) in [6.45, 7) is 10.1. The number of halogens is 2. The van der Waals surface area contributed by atoms with Crippen molar-refractivity contribution in [1.82, 2.24) is 20.0 Å². The van der Waals surface area contributed by atoms with Crippen molar-refractivity contribution in [2.45, 2.75) is 203 Å². The van der Waals surface area contributed by atoms with Crippen LogP contribution in [0, 0.1) is 17.8 Å². The number of aliphatic carboxylic acids is 1. The van der Waals surface area contributed by atoms with E-state index in [0.29, 0.717) is 43.5 Å². The van der Waals surface area contributed by atoms with Crippen molar-refractivity contribution >= 4 is 47.6 Å². The second-order valence-corrected chi connectivity index (χ2v) is 25.2. The van der Waals surface area contributed by atoms with E-state index in [1.54, 1.807) is 0 Å². The Morgan fingerprint density at radius 2 is 1.08 bits per heavy atom. The molecule has 3 saturated carbocycles. The van der Waals surface area contributed by atoms with Gasteiger partial charge in [-0.25, -0.2) is 28.0 Å². The SMILES string of the molecule is CN[C@@H](CC(C)(C)F)C(=O)O[C@H](Cc1ccc(C2CCOCC2)cc1)C(=O)N(C)[C@@H](CC1CC1)C(=O)O[C@H](C)C(=O)N(C)[C@@H](CC(C)(C)F)C(=O)O[C@H](Cc1ccc(C2CCOCC2)cc1)C(=O)N(C)C1(C(=O)O[C@H](C)C(=O)O)C[C@H]1C1CC1. The zero-order chi connectivity index (χ0) is 61.4. The van der Waals surface area contributed by atoms with E-state index >= 15 is 4.39 Å². The molecule has 2 aliphatic heterocycles. The molecule has 3 amide bonds. The Balaban J connectivity index is 1.11. The zero-order valence-electron chi connectivity index (χ0n) is 50.5. The molecule has 0 spiro atoms. The number of carbonyl (C=O) groups excluding carboxylic acids is 7. The quantitative estimate of drug-likeness (QED) is 0.0618. The third-order valence-corrected chi connectivity index (χ3v) is 17.4. The highest BCUT2D eigenvalue weighted by molar-refractivity contribution is 5.96. The molecule has 2 aromatic rings. The first-order chi connectivity index (χ1) is 39.6. The second-order valence-electron chi connectivity index (χ2n) is 25.2. The molecule has 0 bridgehead atoms. The normalized spacial score (nSPS) is 21.9. The fraction of sp³-hybridized carbons (Fsp3) is 0.683. The van der Waals surface area contributed by atoms with Gasteiger partial charge in [-0.1, -0.05) is 61.4 Å². The molecule has 5 aliphatic rings. The van der Waals surface area contributed by atoms with Crippen LogP contribution in [0.4, 0.5) is 8.78 Å². The van der Waals surface area contributed by atoms with Gasteiger partial charge >= 0.3 is 29.8 Å². The maximum Gasteiger partial charge on any atom is 0.344 e. The molecular formula is C63H88F2N4O15. The number of carboxylic acid groups (broad SMARTS) is 1. The van der Waals surface area contributed by atoms with Crippen molar-refractivity contribution in [3.8, 4) is 0 Å². The molecule has 1 unspecified atom stereocenters. The second kappa shape index (κ2) is 28.0. The smallest absolute Gasteiger partial charge is 0.344 e. The van der Waals surface area contributed by atoms with Gasteiger partial charge in [0, 0.05) is 73.3 Å². The molecule has 7 rings (SSSR count). The van der Waals surface area contributed by atoms with Crippen molar-refractivity contribution in [2.75, 3.05) is 54.6 Å². The summed E-state index contributed by atoms with van der Waals surface area (Å²) in [5.74, 6) is -7.47. The summed E-state index contributed by atoms with van der Waals surface area (Å²) in [5, 5.41) is 12.4. The van der Waals surface area contributed by atoms with E-state index in [4.69, 9.17) is 28.4 Å². The van der Waals surface area contributed by atoms with Gasteiger partial charge in [-0.2, -0.15) is 0 Å². The number of benzene rings is 2. The summed E-state index contributed by atoms with van der Waals surface area (Å²) in [7, 11) is 5.47. The maximum absolute atomic E-state index is 15.9. The summed E-state index contributed by atoms with van der Waals surface area (Å²) >= 11 is 0. The molecule has 21 heteroatoms. The third-order valence-electron chi connectivity index (χ3n) is 17.4. The maximum atomic E-state index is 15.9. The minimum atomic E-state index is -2.12. The van der Waals surface area contributed by atoms with Crippen LogP contribution < -0.4 is 5.32 Å². The standard InChI is InChI=1S/C63H88F2N4O15/c1-37(81-58(76)49(31-39-11-12-39)67(8)54(71)51(83-57(75)48(66-7)35-61(3,4)64)32-40-13-17-42(18-14-40)44-23-27-79-28-24-44)53(70)68(9)50(36-62(5,6)65)59(77)84-52(33-41-15-19-43(20-16-41)45-25-29-80-30-26-45)55(72)69(10)63(34-47(63)46-21-22-46)60(78)82-38(2)56(73)74/h13-20,37-39,44-52,66H,11-12,21-36H2,1-10H3,(H,73,74)/t37-,38-,47+,48+,49+,50+,51-,52-,63?/m1/s1. The van der Waals surface area contributed by atoms with Gasteiger partial charge in [-0.05, 0) is 152 Å². The molecule has 5 fully saturated rings. The van der Waals surface area contributed by atoms with Crippen molar-refractivity contribution in [1.29, 1.82) is 0 Å². The predicted octanol–water partition coefficient (Wildman–Crippen LogP) is 6.98. The van der Waals surface area contributed by atoms with Gasteiger partial charge < -0.3 is 53.5 Å². The van der Waals surface area contributed by atoms with E-state index in [-0.39, 0.29) is 55.8 Å². The Bertz CT molecular complexity index is 2640. The van der Waals surface area contributed by atoms with Gasteiger partial charge in [-0.15, -0.1) is 0 Å². The van der Waals surface area contributed by atoms with Gasteiger partial charge in [0.1, 0.15) is 35.0 Å². The lowest BCUT2D eigenvalue weighted by molar-refractivity contribution is -0.176. The number of alkyl halides is 2. The Hall–Kier alpha value is -6.06. The Labute approximate surface area is 492 Å². The summed E-state index contributed by atoms with van der Waals surface area (Å²) in [5.41, 5.74) is -2.03. The summed E-state index contributed by atoms with van der Waals surface area (Å²) < 4.78 is 65.2. The number of hydrogen-bond acceptors (Lipinski definition) is 15. The molecule has 2 N–H and O–H groups in total. The van der Waals surface area contributed by atoms with E-state index in [1.807, 2.05) is 48.5 Å². The first-order valence-electron chi connectivity index (χ1n) is 29.8. The highest BCUT2D eigenvalue weighted by Crippen LogP contribution is 2.60. The lowest BCUT2D eigenvalue weighted by atomic mass is 9.90. The monoisotopic (exact) mass is 1180 g/mol. The van der Waals surface area contributed by atoms with Crippen molar-refractivity contribution in [3.63, 3.8) is 0 Å². The van der Waals surface area contributed by atoms with E-state index in [2.05, 4.69) is 5.32 Å². The lowest BCUT2D eigenvalue weighted by Crippen LogP contribution is -2.55. The molecule has 3 aliphatic carbocycles. The van der Waals surface area contributed by atoms with Gasteiger partial charge in [0.2, 0.25) is 0 Å². The van der Waals surface area contributed by atoms with Gasteiger partial charge in [0.15, 0.2) is 24.4 Å². The number of likely N-dealkylation sites (N-methyl/N-ethyl adjacent to an activating group) is 4. The van der Waals surface area contributed by atoms with E-state index in [9.17, 15) is 47.9 Å². The summed E-state index contributed by atoms with van der Waals surface area (Å²) in [6, 6.07) is 11.0. The van der Waals surface area contributed by atoms with Crippen LogP contribution in [0.1, 0.15) is 153 Å². The van der Waals surface area contributed by atoms with Crippen molar-refractivity contribution in [3.05, 3.63) is 70.8 Å². The molecule has 19 nitrogen and oxygen atoms in total. The molecule has 0 radical (unpaired) electrons. The molecule has 9 atom stereocenters. The van der Waals surface area contributed by atoms with E-state index in [1.165, 1.54) is 74.6 Å². The first kappa shape index (κ1) is 65.5. The molecule has 2 heterocycles. The fourth-order valence-electron chi connectivity index (χ4n) is 11.8. The number of carboxylic acids is 1. The van der Waals surface area contributed by atoms with E-state index in [0.717, 1.165) is 72.3 Å². The summed E-state index contributed by atoms with van der Waals surface area (Å²) in [4.78, 5) is 116. The average molecular weight is 1180 g/mol. The Kier molecular flexibility index (Phi) is 21.8. The Morgan fingerprint density at radius 3 is 1.54 bits per heavy atom. The molecule has 2 aromatic carbocycles. The third kappa shape index (κ3) is 17.3. The molecule has 0 aromatic heterocycles. The van der Waals surface area contributed by atoms with Crippen LogP contribution in [0.2, 0.25) is 0 Å². The molecular weight excluding hydrogens is 1090 g/mol. The minimum Gasteiger partial charge on any atom is -0.479 e. The van der Waals surface area contributed by atoms with Crippen LogP contribution in [0.5, 0.6) is 0 Å². The lowest BCUT2D eigenvalue weighted by Gasteiger charge is -2.35. The van der Waals surface area contributed by atoms with Crippen LogP contribution in [-0.4, -0.2) is 181 Å². The van der Waals surface area contributed by atoms with Crippen LogP contribution in [0.3, 0.4) is 0 Å². The van der Waals surface area contributed by atoms with Gasteiger partial charge in [-0.3, -0.25) is 19.2 Å². The number of carbonyl (C=O) groups is 8. The molecule has 464 valence electrons. The van der Waals surface area contributed by atoms with Crippen LogP contribution in [0.25, 0.3) is 0 Å². The van der Waals surface area contributed by atoms with Crippen LogP contribution >= 0.6 is 0 Å². The first-order valence-corrected chi connectivity index (χ1v) is 29.8. The number of nitrogens with zero attached hydrogens (tertiary/aromatic N) is 3. The Morgan fingerprint density at radius 1 is 0.619 bits per heavy atom. The van der Waals surface area contributed by atoms with Gasteiger partial charge in [0.25, 0.3) is 17.7 Å². The minimum absolute atomic E-state index is 0.0181. The molecule has 84 heavy (non-hydrogen) atoms.